The molecule has 0 saturated heterocycles. The summed E-state index contributed by atoms with van der Waals surface area (Å²) in [6, 6.07) is 5.99. The maximum Gasteiger partial charge on any atom is 0.408 e. The first-order chi connectivity index (χ1) is 9.02. The number of thiol groups is 1. The van der Waals surface area contributed by atoms with Crippen LogP contribution in [-0.2, 0) is 16.0 Å². The summed E-state index contributed by atoms with van der Waals surface area (Å²) in [5.74, 6) is -1.12. The van der Waals surface area contributed by atoms with Gasteiger partial charge in [-0.15, -0.1) is 12.6 Å². The quantitative estimate of drug-likeness (QED) is 0.550. The monoisotopic (exact) mass is 281 g/mol. The zero-order valence-corrected chi connectivity index (χ0v) is 11.1. The highest BCUT2D eigenvalue weighted by atomic mass is 32.1. The Hall–Kier alpha value is -1.95. The molecule has 1 atom stereocenters. The summed E-state index contributed by atoms with van der Waals surface area (Å²) in [7, 11) is 0. The molecule has 0 radical (unpaired) electrons. The topological polar surface area (TPSA) is 75.6 Å². The molecule has 0 spiro atoms. The van der Waals surface area contributed by atoms with E-state index in [4.69, 9.17) is 5.11 Å². The minimum Gasteiger partial charge on any atom is -0.480 e. The number of carbonyl (C=O) groups excluding carboxylic acids is 1. The summed E-state index contributed by atoms with van der Waals surface area (Å²) in [6.45, 7) is 3.43. The normalized spacial score (nSPS) is 11.4. The van der Waals surface area contributed by atoms with Crippen LogP contribution >= 0.6 is 12.6 Å². The average molecular weight is 281 g/mol. The number of hydrogen-bond donors (Lipinski definition) is 3. The van der Waals surface area contributed by atoms with Gasteiger partial charge in [-0.3, -0.25) is 0 Å². The minimum absolute atomic E-state index is 0.0342. The fraction of sp³-hybridized carbons (Fsp3) is 0.231. The van der Waals surface area contributed by atoms with Crippen molar-refractivity contribution in [3.05, 3.63) is 42.5 Å². The highest BCUT2D eigenvalue weighted by Gasteiger charge is 2.20. The van der Waals surface area contributed by atoms with Gasteiger partial charge in [0.15, 0.2) is 0 Å². The van der Waals surface area contributed by atoms with Crippen LogP contribution < -0.4 is 5.32 Å². The number of nitrogens with one attached hydrogen (secondary N) is 1. The van der Waals surface area contributed by atoms with Crippen LogP contribution in [0.5, 0.6) is 0 Å². The Labute approximate surface area is 116 Å². The second-order valence-electron chi connectivity index (χ2n) is 3.79. The third-order valence-electron chi connectivity index (χ3n) is 2.30. The van der Waals surface area contributed by atoms with E-state index in [0.717, 1.165) is 10.5 Å². The van der Waals surface area contributed by atoms with Gasteiger partial charge < -0.3 is 15.2 Å². The van der Waals surface area contributed by atoms with Crippen LogP contribution in [0.25, 0.3) is 0 Å². The number of aliphatic carboxylic acids is 1. The lowest BCUT2D eigenvalue weighted by molar-refractivity contribution is -0.139. The molecule has 0 aliphatic heterocycles. The van der Waals surface area contributed by atoms with E-state index in [9.17, 15) is 9.59 Å². The van der Waals surface area contributed by atoms with Crippen LogP contribution in [0.4, 0.5) is 4.79 Å². The van der Waals surface area contributed by atoms with E-state index < -0.39 is 18.1 Å². The molecule has 0 heterocycles. The highest BCUT2D eigenvalue weighted by Crippen LogP contribution is 2.10. The van der Waals surface area contributed by atoms with Gasteiger partial charge in [0.05, 0.1) is 0 Å². The summed E-state index contributed by atoms with van der Waals surface area (Å²) in [5, 5.41) is 11.3. The Morgan fingerprint density at radius 3 is 2.58 bits per heavy atom. The van der Waals surface area contributed by atoms with Gasteiger partial charge in [-0.05, 0) is 17.7 Å². The van der Waals surface area contributed by atoms with Crippen LogP contribution in [0.1, 0.15) is 5.56 Å². The summed E-state index contributed by atoms with van der Waals surface area (Å²) in [4.78, 5) is 23.2. The van der Waals surface area contributed by atoms with E-state index in [1.807, 2.05) is 0 Å². The molecule has 0 aromatic heterocycles. The summed E-state index contributed by atoms with van der Waals surface area (Å²) in [6.07, 6.45) is 0.797. The van der Waals surface area contributed by atoms with E-state index in [0.29, 0.717) is 0 Å². The first-order valence-electron chi connectivity index (χ1n) is 5.58. The number of rotatable bonds is 6. The fourth-order valence-corrected chi connectivity index (χ4v) is 1.54. The van der Waals surface area contributed by atoms with Gasteiger partial charge in [-0.2, -0.15) is 0 Å². The molecule has 1 aromatic rings. The average Bonchev–Trinajstić information content (AvgIpc) is 2.38. The number of hydrogen-bond acceptors (Lipinski definition) is 4. The molecule has 5 nitrogen and oxygen atoms in total. The molecule has 0 aliphatic carbocycles. The van der Waals surface area contributed by atoms with Gasteiger partial charge in [0.2, 0.25) is 0 Å². The molecular formula is C13H15NO4S. The molecule has 0 aliphatic rings. The van der Waals surface area contributed by atoms with Crippen molar-refractivity contribution < 1.29 is 19.4 Å². The van der Waals surface area contributed by atoms with Crippen molar-refractivity contribution in [3.8, 4) is 0 Å². The maximum absolute atomic E-state index is 11.3. The van der Waals surface area contributed by atoms with Crippen LogP contribution in [0.3, 0.4) is 0 Å². The second kappa shape index (κ2) is 7.48. The highest BCUT2D eigenvalue weighted by molar-refractivity contribution is 7.80. The molecular weight excluding hydrogens is 266 g/mol. The van der Waals surface area contributed by atoms with E-state index in [1.165, 1.54) is 6.08 Å². The van der Waals surface area contributed by atoms with Gasteiger partial charge in [0, 0.05) is 11.3 Å². The van der Waals surface area contributed by atoms with Gasteiger partial charge >= 0.3 is 12.1 Å². The van der Waals surface area contributed by atoms with E-state index in [2.05, 4.69) is 29.3 Å². The third-order valence-corrected chi connectivity index (χ3v) is 2.60. The van der Waals surface area contributed by atoms with Crippen molar-refractivity contribution in [2.45, 2.75) is 17.4 Å². The Kier molecular flexibility index (Phi) is 5.95. The fourth-order valence-electron chi connectivity index (χ4n) is 1.39. The van der Waals surface area contributed by atoms with Gasteiger partial charge in [-0.1, -0.05) is 24.8 Å². The van der Waals surface area contributed by atoms with Crippen LogP contribution in [0.2, 0.25) is 0 Å². The van der Waals surface area contributed by atoms with Crippen LogP contribution in [-0.4, -0.2) is 29.8 Å². The SMILES string of the molecule is C=CCOC(=O)NC(Cc1ccc(S)cc1)C(=O)O. The lowest BCUT2D eigenvalue weighted by Gasteiger charge is -2.14. The smallest absolute Gasteiger partial charge is 0.408 e. The number of carbonyl (C=O) groups is 2. The lowest BCUT2D eigenvalue weighted by atomic mass is 10.1. The number of amides is 1. The van der Waals surface area contributed by atoms with E-state index >= 15 is 0 Å². The summed E-state index contributed by atoms with van der Waals surface area (Å²) < 4.78 is 4.68. The number of carboxylic acids is 1. The molecule has 1 amide bonds. The van der Waals surface area contributed by atoms with Crippen LogP contribution in [0.15, 0.2) is 41.8 Å². The zero-order chi connectivity index (χ0) is 14.3. The third kappa shape index (κ3) is 5.48. The lowest BCUT2D eigenvalue weighted by Crippen LogP contribution is -2.42. The number of carboxylic acid groups (broad SMARTS) is 1. The van der Waals surface area contributed by atoms with Gasteiger partial charge in [0.25, 0.3) is 0 Å². The van der Waals surface area contributed by atoms with Crippen molar-refractivity contribution >= 4 is 24.7 Å². The predicted molar refractivity (Wildman–Crippen MR) is 73.5 cm³/mol. The van der Waals surface area contributed by atoms with Crippen molar-refractivity contribution in [3.63, 3.8) is 0 Å². The number of benzene rings is 1. The molecule has 19 heavy (non-hydrogen) atoms. The van der Waals surface area contributed by atoms with E-state index in [-0.39, 0.29) is 13.0 Å². The molecule has 1 aromatic carbocycles. The first-order valence-corrected chi connectivity index (χ1v) is 6.02. The van der Waals surface area contributed by atoms with Crippen molar-refractivity contribution in [1.29, 1.82) is 0 Å². The van der Waals surface area contributed by atoms with Crippen molar-refractivity contribution in [1.82, 2.24) is 5.32 Å². The predicted octanol–water partition coefficient (Wildman–Crippen LogP) is 1.88. The van der Waals surface area contributed by atoms with Crippen molar-refractivity contribution in [2.24, 2.45) is 0 Å². The standard InChI is InChI=1S/C13H15NO4S/c1-2-7-18-13(17)14-11(12(15)16)8-9-3-5-10(19)6-4-9/h2-6,11,19H,1,7-8H2,(H,14,17)(H,15,16). The maximum atomic E-state index is 11.3. The molecule has 2 N–H and O–H groups in total. The Balaban J connectivity index is 2.62. The largest absolute Gasteiger partial charge is 0.480 e. The molecule has 0 fully saturated rings. The Morgan fingerprint density at radius 2 is 2.05 bits per heavy atom. The molecule has 1 rings (SSSR count). The summed E-state index contributed by atoms with van der Waals surface area (Å²) >= 11 is 4.14. The first kappa shape index (κ1) is 15.1. The Morgan fingerprint density at radius 1 is 1.42 bits per heavy atom. The van der Waals surface area contributed by atoms with E-state index in [1.54, 1.807) is 24.3 Å². The molecule has 0 bridgehead atoms. The van der Waals surface area contributed by atoms with Gasteiger partial charge in [0.1, 0.15) is 12.6 Å². The molecule has 0 saturated carbocycles. The van der Waals surface area contributed by atoms with Crippen molar-refractivity contribution in [2.75, 3.05) is 6.61 Å². The molecule has 102 valence electrons. The van der Waals surface area contributed by atoms with Gasteiger partial charge in [-0.25, -0.2) is 9.59 Å². The molecule has 1 unspecified atom stereocenters. The second-order valence-corrected chi connectivity index (χ2v) is 4.31. The summed E-state index contributed by atoms with van der Waals surface area (Å²) in [5.41, 5.74) is 0.786. The zero-order valence-electron chi connectivity index (χ0n) is 10.2. The minimum atomic E-state index is -1.12. The Bertz CT molecular complexity index is 458. The molecule has 6 heteroatoms. The number of alkyl carbamates (subject to hydrolysis) is 1. The number of ether oxygens (including phenoxy) is 1. The van der Waals surface area contributed by atoms with Crippen LogP contribution in [0, 0.1) is 0 Å².